The highest BCUT2D eigenvalue weighted by atomic mass is 35.5. The Hall–Kier alpha value is -1.69. The van der Waals surface area contributed by atoms with E-state index in [0.717, 1.165) is 0 Å². The fraction of sp³-hybridized carbons (Fsp3) is 0.500. The third kappa shape index (κ3) is 6.15. The van der Waals surface area contributed by atoms with Crippen LogP contribution in [0.4, 0.5) is 9.59 Å². The topological polar surface area (TPSA) is 105 Å². The second-order valence-corrected chi connectivity index (χ2v) is 4.17. The van der Waals surface area contributed by atoms with Crippen LogP contribution in [0.2, 0.25) is 0 Å². The standard InChI is InChI=1S/C12H19ClN2O4/c1-4-6-8(9(13)5-2)10(19-12(15)17)7(3)18-11(14)16/h4,6-7,10H,5H2,1-3H3,(H2,14,16)(H2,15,17)/b6-4-,9-8-. The Morgan fingerprint density at radius 3 is 2.16 bits per heavy atom. The Balaban J connectivity index is 5.41. The van der Waals surface area contributed by atoms with Gasteiger partial charge in [0.2, 0.25) is 0 Å². The summed E-state index contributed by atoms with van der Waals surface area (Å²) < 4.78 is 9.78. The molecule has 7 heteroatoms. The van der Waals surface area contributed by atoms with Gasteiger partial charge in [-0.15, -0.1) is 0 Å². The van der Waals surface area contributed by atoms with Crippen molar-refractivity contribution in [3.8, 4) is 0 Å². The lowest BCUT2D eigenvalue weighted by molar-refractivity contribution is 0.0238. The van der Waals surface area contributed by atoms with Crippen molar-refractivity contribution in [3.05, 3.63) is 22.8 Å². The zero-order chi connectivity index (χ0) is 15.0. The Labute approximate surface area is 117 Å². The predicted octanol–water partition coefficient (Wildman–Crippen LogP) is 2.41. The number of carbonyl (C=O) groups is 2. The first-order valence-corrected chi connectivity index (χ1v) is 6.14. The molecule has 0 bridgehead atoms. The molecule has 0 saturated carbocycles. The van der Waals surface area contributed by atoms with Crippen molar-refractivity contribution >= 4 is 23.8 Å². The van der Waals surface area contributed by atoms with Crippen molar-refractivity contribution < 1.29 is 19.1 Å². The van der Waals surface area contributed by atoms with Gasteiger partial charge in [-0.05, 0) is 20.3 Å². The van der Waals surface area contributed by atoms with Gasteiger partial charge in [0.1, 0.15) is 6.10 Å². The molecule has 0 radical (unpaired) electrons. The Morgan fingerprint density at radius 1 is 1.26 bits per heavy atom. The lowest BCUT2D eigenvalue weighted by Crippen LogP contribution is -2.37. The van der Waals surface area contributed by atoms with E-state index in [2.05, 4.69) is 0 Å². The zero-order valence-electron chi connectivity index (χ0n) is 11.2. The highest BCUT2D eigenvalue weighted by Crippen LogP contribution is 2.24. The molecule has 0 fully saturated rings. The van der Waals surface area contributed by atoms with Gasteiger partial charge in [-0.3, -0.25) is 0 Å². The van der Waals surface area contributed by atoms with E-state index in [-0.39, 0.29) is 0 Å². The normalized spacial score (nSPS) is 15.6. The number of rotatable bonds is 6. The predicted molar refractivity (Wildman–Crippen MR) is 72.6 cm³/mol. The Kier molecular flexibility index (Phi) is 7.67. The van der Waals surface area contributed by atoms with Crippen LogP contribution in [0, 0.1) is 0 Å². The quantitative estimate of drug-likeness (QED) is 0.733. The van der Waals surface area contributed by atoms with E-state index in [1.165, 1.54) is 6.92 Å². The third-order valence-electron chi connectivity index (χ3n) is 2.25. The minimum Gasteiger partial charge on any atom is -0.442 e. The molecule has 0 aliphatic carbocycles. The average Bonchev–Trinajstić information content (AvgIpc) is 2.31. The minimum atomic E-state index is -0.993. The van der Waals surface area contributed by atoms with Gasteiger partial charge in [0.15, 0.2) is 6.10 Å². The van der Waals surface area contributed by atoms with Crippen molar-refractivity contribution in [2.75, 3.05) is 0 Å². The van der Waals surface area contributed by atoms with Gasteiger partial charge < -0.3 is 20.9 Å². The van der Waals surface area contributed by atoms with E-state index in [9.17, 15) is 9.59 Å². The molecule has 6 nitrogen and oxygen atoms in total. The van der Waals surface area contributed by atoms with Crippen LogP contribution < -0.4 is 11.5 Å². The Morgan fingerprint density at radius 2 is 1.79 bits per heavy atom. The maximum Gasteiger partial charge on any atom is 0.405 e. The first-order valence-electron chi connectivity index (χ1n) is 5.76. The number of halogens is 1. The monoisotopic (exact) mass is 290 g/mol. The summed E-state index contributed by atoms with van der Waals surface area (Å²) in [6.07, 6.45) is 0.237. The molecule has 0 spiro atoms. The number of ether oxygens (including phenoxy) is 2. The summed E-state index contributed by atoms with van der Waals surface area (Å²) in [4.78, 5) is 21.7. The van der Waals surface area contributed by atoms with Gasteiger partial charge >= 0.3 is 12.2 Å². The second-order valence-electron chi connectivity index (χ2n) is 3.71. The summed E-state index contributed by atoms with van der Waals surface area (Å²) in [6.45, 7) is 5.15. The van der Waals surface area contributed by atoms with Gasteiger partial charge in [-0.2, -0.15) is 0 Å². The van der Waals surface area contributed by atoms with Gasteiger partial charge in [-0.1, -0.05) is 30.7 Å². The van der Waals surface area contributed by atoms with Crippen molar-refractivity contribution in [3.63, 3.8) is 0 Å². The molecule has 0 aliphatic rings. The molecular weight excluding hydrogens is 272 g/mol. The van der Waals surface area contributed by atoms with Gasteiger partial charge in [0.05, 0.1) is 0 Å². The lowest BCUT2D eigenvalue weighted by atomic mass is 10.0. The summed E-state index contributed by atoms with van der Waals surface area (Å²) in [5, 5.41) is 0.476. The van der Waals surface area contributed by atoms with Crippen molar-refractivity contribution in [1.82, 2.24) is 0 Å². The van der Waals surface area contributed by atoms with Crippen molar-refractivity contribution in [1.29, 1.82) is 0 Å². The smallest absolute Gasteiger partial charge is 0.405 e. The van der Waals surface area contributed by atoms with Crippen LogP contribution in [0.3, 0.4) is 0 Å². The van der Waals surface area contributed by atoms with Crippen LogP contribution in [-0.2, 0) is 9.47 Å². The summed E-state index contributed by atoms with van der Waals surface area (Å²) in [6, 6.07) is 0. The lowest BCUT2D eigenvalue weighted by Gasteiger charge is -2.24. The molecule has 19 heavy (non-hydrogen) atoms. The van der Waals surface area contributed by atoms with E-state index in [0.29, 0.717) is 17.0 Å². The SMILES string of the molecule is C/C=C\C(=C(\Cl)CC)C(OC(N)=O)C(C)OC(N)=O. The molecule has 2 atom stereocenters. The van der Waals surface area contributed by atoms with Gasteiger partial charge in [0.25, 0.3) is 0 Å². The largest absolute Gasteiger partial charge is 0.442 e. The maximum absolute atomic E-state index is 11.0. The molecule has 0 heterocycles. The third-order valence-corrected chi connectivity index (χ3v) is 2.73. The highest BCUT2D eigenvalue weighted by Gasteiger charge is 2.28. The van der Waals surface area contributed by atoms with Crippen LogP contribution in [0.1, 0.15) is 27.2 Å². The number of carbonyl (C=O) groups excluding carboxylic acids is 2. The number of hydrogen-bond acceptors (Lipinski definition) is 4. The van der Waals surface area contributed by atoms with Crippen LogP contribution in [0.5, 0.6) is 0 Å². The van der Waals surface area contributed by atoms with E-state index in [1.54, 1.807) is 19.1 Å². The molecule has 108 valence electrons. The number of allylic oxidation sites excluding steroid dienone is 2. The molecule has 2 unspecified atom stereocenters. The van der Waals surface area contributed by atoms with Crippen LogP contribution >= 0.6 is 11.6 Å². The van der Waals surface area contributed by atoms with Crippen molar-refractivity contribution in [2.24, 2.45) is 11.5 Å². The van der Waals surface area contributed by atoms with Crippen molar-refractivity contribution in [2.45, 2.75) is 39.4 Å². The molecular formula is C12H19ClN2O4. The van der Waals surface area contributed by atoms with E-state index < -0.39 is 24.4 Å². The fourth-order valence-electron chi connectivity index (χ4n) is 1.51. The zero-order valence-corrected chi connectivity index (χ0v) is 11.9. The number of hydrogen-bond donors (Lipinski definition) is 2. The minimum absolute atomic E-state index is 0.476. The highest BCUT2D eigenvalue weighted by molar-refractivity contribution is 6.30. The van der Waals surface area contributed by atoms with Gasteiger partial charge in [-0.25, -0.2) is 9.59 Å². The van der Waals surface area contributed by atoms with E-state index in [1.807, 2.05) is 6.92 Å². The summed E-state index contributed by atoms with van der Waals surface area (Å²) in [5.74, 6) is 0. The molecule has 2 amide bonds. The fourth-order valence-corrected chi connectivity index (χ4v) is 1.68. The molecule has 0 aromatic rings. The van der Waals surface area contributed by atoms with E-state index in [4.69, 9.17) is 32.5 Å². The average molecular weight is 291 g/mol. The maximum atomic E-state index is 11.0. The second kappa shape index (κ2) is 8.42. The number of nitrogens with two attached hydrogens (primary N) is 2. The Bertz CT molecular complexity index is 393. The summed E-state index contributed by atoms with van der Waals surface area (Å²) in [5.41, 5.74) is 10.5. The number of amides is 2. The van der Waals surface area contributed by atoms with Crippen LogP contribution in [0.15, 0.2) is 22.8 Å². The first kappa shape index (κ1) is 17.3. The molecule has 0 aliphatic heterocycles. The molecule has 4 N–H and O–H groups in total. The molecule has 0 saturated heterocycles. The van der Waals surface area contributed by atoms with Gasteiger partial charge in [0, 0.05) is 10.6 Å². The van der Waals surface area contributed by atoms with Crippen LogP contribution in [0.25, 0.3) is 0 Å². The molecule has 0 aromatic heterocycles. The first-order chi connectivity index (χ1) is 8.83. The number of primary amides is 2. The molecule has 0 rings (SSSR count). The van der Waals surface area contributed by atoms with Crippen LogP contribution in [-0.4, -0.2) is 24.4 Å². The summed E-state index contributed by atoms with van der Waals surface area (Å²) >= 11 is 6.09. The molecule has 0 aromatic carbocycles. The van der Waals surface area contributed by atoms with E-state index >= 15 is 0 Å². The summed E-state index contributed by atoms with van der Waals surface area (Å²) in [7, 11) is 0.